The molecule has 2 unspecified atom stereocenters. The van der Waals surface area contributed by atoms with E-state index in [0.717, 1.165) is 102 Å². The summed E-state index contributed by atoms with van der Waals surface area (Å²) in [5, 5.41) is 52.4. The van der Waals surface area contributed by atoms with Crippen molar-refractivity contribution in [3.8, 4) is 0 Å². The summed E-state index contributed by atoms with van der Waals surface area (Å²) in [6.07, 6.45) is 22.8. The number of aliphatic hydroxyl groups excluding tert-OH is 2. The molecule has 0 radical (unpaired) electrons. The normalized spacial score (nSPS) is 48.7. The van der Waals surface area contributed by atoms with Crippen molar-refractivity contribution < 1.29 is 34.7 Å². The van der Waals surface area contributed by atoms with E-state index in [1.54, 1.807) is 0 Å². The minimum absolute atomic E-state index is 0.00870. The minimum atomic E-state index is -1.31. The lowest BCUT2D eigenvalue weighted by atomic mass is 9.37. The van der Waals surface area contributed by atoms with Gasteiger partial charge in [0.2, 0.25) is 0 Å². The van der Waals surface area contributed by atoms with Gasteiger partial charge >= 0.3 is 0 Å². The maximum Gasteiger partial charge on any atom is 0.159 e. The lowest BCUT2D eigenvalue weighted by molar-refractivity contribution is -0.212. The highest BCUT2D eigenvalue weighted by Gasteiger charge is 2.77. The van der Waals surface area contributed by atoms with Gasteiger partial charge in [-0.3, -0.25) is 4.79 Å². The fourth-order valence-electron chi connectivity index (χ4n) is 17.2. The third-order valence-electron chi connectivity index (χ3n) is 21.0. The molecule has 16 atom stereocenters. The van der Waals surface area contributed by atoms with Gasteiger partial charge in [-0.25, -0.2) is 0 Å². The van der Waals surface area contributed by atoms with Crippen molar-refractivity contribution in [2.24, 2.45) is 68.8 Å². The number of nitrogens with one attached hydrogen (secondary N) is 1. The summed E-state index contributed by atoms with van der Waals surface area (Å²) in [6.45, 7) is 12.4. The summed E-state index contributed by atoms with van der Waals surface area (Å²) in [6, 6.07) is 0. The van der Waals surface area contributed by atoms with Crippen LogP contribution in [0.25, 0.3) is 0 Å². The van der Waals surface area contributed by atoms with E-state index in [2.05, 4.69) is 26.1 Å². The Bertz CT molecular complexity index is 1620. The first-order valence-electron chi connectivity index (χ1n) is 25.2. The van der Waals surface area contributed by atoms with E-state index >= 15 is 0 Å². The zero-order valence-electron chi connectivity index (χ0n) is 38.2. The van der Waals surface area contributed by atoms with Gasteiger partial charge < -0.3 is 41.0 Å². The van der Waals surface area contributed by atoms with Crippen molar-refractivity contribution >= 4 is 5.78 Å². The van der Waals surface area contributed by atoms with Gasteiger partial charge in [0.15, 0.2) is 5.78 Å². The summed E-state index contributed by atoms with van der Waals surface area (Å²) in [5.74, 6) is 1.90. The average Bonchev–Trinajstić information content (AvgIpc) is 3.84. The minimum Gasteiger partial charge on any atom is -0.396 e. The molecule has 3 saturated heterocycles. The van der Waals surface area contributed by atoms with Crippen LogP contribution >= 0.6 is 0 Å². The maximum absolute atomic E-state index is 14.8. The molecule has 9 aliphatic rings. The van der Waals surface area contributed by atoms with Crippen LogP contribution in [0.2, 0.25) is 0 Å². The van der Waals surface area contributed by atoms with Gasteiger partial charge in [-0.05, 0) is 161 Å². The lowest BCUT2D eigenvalue weighted by Gasteiger charge is -2.67. The largest absolute Gasteiger partial charge is 0.396 e. The Hall–Kier alpha value is -0.910. The number of aliphatic hydroxyl groups is 4. The molecular formula is C51H84N2O7. The van der Waals surface area contributed by atoms with Crippen LogP contribution in [-0.2, 0) is 14.3 Å². The number of carbonyl (C=O) groups is 1. The van der Waals surface area contributed by atoms with Crippen LogP contribution in [0.1, 0.15) is 176 Å². The molecule has 0 aromatic carbocycles. The summed E-state index contributed by atoms with van der Waals surface area (Å²) in [7, 11) is 0. The Morgan fingerprint density at radius 3 is 2.37 bits per heavy atom. The molecule has 9 rings (SSSR count). The van der Waals surface area contributed by atoms with E-state index in [-0.39, 0.29) is 53.2 Å². The van der Waals surface area contributed by atoms with E-state index < -0.39 is 39.8 Å². The first kappa shape index (κ1) is 44.3. The number of ether oxygens (including phenoxy) is 2. The smallest absolute Gasteiger partial charge is 0.159 e. The predicted octanol–water partition coefficient (Wildman–Crippen LogP) is 7.74. The summed E-state index contributed by atoms with van der Waals surface area (Å²) in [5.41, 5.74) is 2.36. The predicted molar refractivity (Wildman–Crippen MR) is 234 cm³/mol. The van der Waals surface area contributed by atoms with E-state index in [9.17, 15) is 25.2 Å². The molecule has 3 aliphatic heterocycles. The molecule has 0 amide bonds. The second kappa shape index (κ2) is 15.9. The molecule has 60 heavy (non-hydrogen) atoms. The topological polar surface area (TPSA) is 158 Å². The van der Waals surface area contributed by atoms with Crippen molar-refractivity contribution in [1.29, 1.82) is 0 Å². The zero-order chi connectivity index (χ0) is 42.5. The number of hydrogen-bond donors (Lipinski definition) is 6. The van der Waals surface area contributed by atoms with E-state index in [1.165, 1.54) is 38.5 Å². The van der Waals surface area contributed by atoms with Crippen molar-refractivity contribution in [2.75, 3.05) is 19.8 Å². The third kappa shape index (κ3) is 6.75. The number of carbonyl (C=O) groups excluding carboxylic acids is 1. The number of epoxide rings is 1. The Morgan fingerprint density at radius 2 is 1.67 bits per heavy atom. The van der Waals surface area contributed by atoms with E-state index in [1.807, 2.05) is 19.9 Å². The van der Waals surface area contributed by atoms with Gasteiger partial charge in [-0.15, -0.1) is 0 Å². The van der Waals surface area contributed by atoms with Crippen LogP contribution in [0.4, 0.5) is 0 Å². The van der Waals surface area contributed by atoms with Crippen LogP contribution < -0.4 is 11.1 Å². The second-order valence-electron chi connectivity index (χ2n) is 24.0. The number of nitrogens with two attached hydrogens (primary N) is 1. The van der Waals surface area contributed by atoms with Crippen molar-refractivity contribution in [2.45, 2.75) is 217 Å². The summed E-state index contributed by atoms with van der Waals surface area (Å²) in [4.78, 5) is 14.8. The fraction of sp³-hybridized carbons (Fsp3) is 0.941. The van der Waals surface area contributed by atoms with E-state index in [4.69, 9.17) is 15.2 Å². The average molecular weight is 837 g/mol. The molecule has 3 heterocycles. The van der Waals surface area contributed by atoms with Gasteiger partial charge in [0, 0.05) is 23.4 Å². The summed E-state index contributed by atoms with van der Waals surface area (Å²) < 4.78 is 14.1. The van der Waals surface area contributed by atoms with Gasteiger partial charge in [0.1, 0.15) is 17.8 Å². The van der Waals surface area contributed by atoms with Crippen molar-refractivity contribution in [3.63, 3.8) is 0 Å². The summed E-state index contributed by atoms with van der Waals surface area (Å²) >= 11 is 0. The van der Waals surface area contributed by atoms with Gasteiger partial charge in [0.05, 0.1) is 30.1 Å². The molecule has 0 aromatic heterocycles. The Labute approximate surface area is 362 Å². The molecule has 0 aromatic rings. The first-order chi connectivity index (χ1) is 28.5. The third-order valence-corrected chi connectivity index (χ3v) is 21.0. The Balaban J connectivity index is 1.08. The lowest BCUT2D eigenvalue weighted by Crippen LogP contribution is -2.68. The van der Waals surface area contributed by atoms with Crippen LogP contribution in [-0.4, -0.2) is 87.2 Å². The van der Waals surface area contributed by atoms with Crippen molar-refractivity contribution in [1.82, 2.24) is 5.32 Å². The van der Waals surface area contributed by atoms with Crippen LogP contribution in [0.5, 0.6) is 0 Å². The molecule has 6 aliphatic carbocycles. The highest BCUT2D eigenvalue weighted by atomic mass is 16.6. The quantitative estimate of drug-likeness (QED) is 0.115. The molecule has 8 fully saturated rings. The zero-order valence-corrected chi connectivity index (χ0v) is 38.2. The van der Waals surface area contributed by atoms with E-state index in [0.29, 0.717) is 43.6 Å². The monoisotopic (exact) mass is 837 g/mol. The van der Waals surface area contributed by atoms with Gasteiger partial charge in [-0.2, -0.15) is 0 Å². The Kier molecular flexibility index (Phi) is 11.7. The molecule has 9 nitrogen and oxygen atoms in total. The molecule has 0 bridgehead atoms. The fourth-order valence-corrected chi connectivity index (χ4v) is 17.2. The highest BCUT2D eigenvalue weighted by Crippen LogP contribution is 2.76. The molecule has 7 N–H and O–H groups in total. The number of rotatable bonds is 11. The van der Waals surface area contributed by atoms with Crippen LogP contribution in [0.15, 0.2) is 11.6 Å². The molecule has 340 valence electrons. The first-order valence-corrected chi connectivity index (χ1v) is 25.2. The number of fused-ring (bicyclic) bond motifs is 6. The highest BCUT2D eigenvalue weighted by molar-refractivity contribution is 5.95. The van der Waals surface area contributed by atoms with Crippen LogP contribution in [0, 0.1) is 63.1 Å². The number of hydrogen-bond acceptors (Lipinski definition) is 9. The standard InChI is InChI=1S/C51H84N2O7/c1-32-18-24-59-50(28-32,44-43(60-44)48(5,57)45(2,31-54)21-15-34-17-23-53-41(52)25-34)40-16-22-51(58)38-27-39(56)37-26-36(55)30-49(19-9-10-20-49)47(37,4)42(38)35(29-46(40,51)3)14-13-33-11-7-6-8-12-33/h27,32-37,40-44,53-55,57-58H,6-26,28-31,52H2,1-5H3/t32-,34?,35-,36+,37+,40+,41?,42+,43-,44+,45-,46+,47-,48-,50+,51-/m0/s1. The molecule has 9 heteroatoms. The number of piperidine rings is 1. The van der Waals surface area contributed by atoms with Crippen molar-refractivity contribution in [3.05, 3.63) is 11.6 Å². The maximum atomic E-state index is 14.8. The number of allylic oxidation sites excluding steroid dienone is 1. The van der Waals surface area contributed by atoms with Gasteiger partial charge in [0.25, 0.3) is 0 Å². The number of ketones is 1. The molecular weight excluding hydrogens is 753 g/mol. The van der Waals surface area contributed by atoms with Gasteiger partial charge in [-0.1, -0.05) is 79.1 Å². The second-order valence-corrected chi connectivity index (χ2v) is 24.0. The molecule has 1 spiro atoms. The van der Waals surface area contributed by atoms with Crippen LogP contribution in [0.3, 0.4) is 0 Å². The Morgan fingerprint density at radius 1 is 0.917 bits per heavy atom. The SMILES string of the molecule is C[C@H]1CCO[C@@]([C@@H]2O[C@@H]2[C@](C)(O)[C@](C)(CO)CCC2CCNC(N)C2)([C@@H]2CC[C@]3(O)C4=CC(=O)[C@H]5C[C@@H](O)CC6(CCCC6)[C@]5(C)[C@@H]4[C@@H](CCC4CCCCC4)C[C@]23C)C1. The molecule has 5 saturated carbocycles.